The zero-order chi connectivity index (χ0) is 12.5. The molecule has 0 aliphatic carbocycles. The number of hydrogen-bond donors (Lipinski definition) is 1. The van der Waals surface area contributed by atoms with Gasteiger partial charge >= 0.3 is 0 Å². The van der Waals surface area contributed by atoms with Gasteiger partial charge in [0.25, 0.3) is 0 Å². The van der Waals surface area contributed by atoms with E-state index in [0.29, 0.717) is 19.8 Å². The first-order valence-corrected chi connectivity index (χ1v) is 6.89. The Balaban J connectivity index is 2.12. The fraction of sp³-hybridized carbons (Fsp3) is 0.286. The van der Waals surface area contributed by atoms with E-state index in [1.165, 1.54) is 22.3 Å². The predicted octanol–water partition coefficient (Wildman–Crippen LogP) is 2.95. The third kappa shape index (κ3) is 1.87. The summed E-state index contributed by atoms with van der Waals surface area (Å²) < 4.78 is 11.2. The maximum Gasteiger partial charge on any atom is 0.161 e. The molecule has 1 aliphatic heterocycles. The molecule has 2 N–H and O–H groups in total. The highest BCUT2D eigenvalue weighted by molar-refractivity contribution is 7.08. The lowest BCUT2D eigenvalue weighted by atomic mass is 9.99. The molecule has 1 aromatic heterocycles. The molecule has 0 fully saturated rings. The van der Waals surface area contributed by atoms with E-state index in [1.807, 2.05) is 6.07 Å². The lowest BCUT2D eigenvalue weighted by Crippen LogP contribution is -2.15. The van der Waals surface area contributed by atoms with Gasteiger partial charge in [-0.3, -0.25) is 0 Å². The fourth-order valence-electron chi connectivity index (χ4n) is 2.20. The van der Waals surface area contributed by atoms with Crippen LogP contribution in [-0.2, 0) is 6.54 Å². The molecule has 3 nitrogen and oxygen atoms in total. The molecule has 0 amide bonds. The maximum absolute atomic E-state index is 5.77. The van der Waals surface area contributed by atoms with Crippen LogP contribution in [0.1, 0.15) is 11.1 Å². The van der Waals surface area contributed by atoms with Crippen molar-refractivity contribution in [2.24, 2.45) is 5.73 Å². The van der Waals surface area contributed by atoms with Crippen LogP contribution in [0.15, 0.2) is 22.9 Å². The Morgan fingerprint density at radius 1 is 1.11 bits per heavy atom. The third-order valence-electron chi connectivity index (χ3n) is 3.14. The second-order valence-corrected chi connectivity index (χ2v) is 5.07. The molecule has 0 saturated heterocycles. The van der Waals surface area contributed by atoms with E-state index in [1.54, 1.807) is 11.3 Å². The topological polar surface area (TPSA) is 44.5 Å². The Morgan fingerprint density at radius 3 is 2.56 bits per heavy atom. The zero-order valence-corrected chi connectivity index (χ0v) is 11.0. The van der Waals surface area contributed by atoms with E-state index in [-0.39, 0.29) is 0 Å². The SMILES string of the molecule is Cc1cc2c(cc1-c1cscc1CN)OCCO2. The van der Waals surface area contributed by atoms with E-state index in [9.17, 15) is 0 Å². The molecule has 1 aliphatic rings. The fourth-order valence-corrected chi connectivity index (χ4v) is 3.07. The number of aryl methyl sites for hydroxylation is 1. The predicted molar refractivity (Wildman–Crippen MR) is 73.4 cm³/mol. The molecule has 2 aromatic rings. The molecule has 2 heterocycles. The summed E-state index contributed by atoms with van der Waals surface area (Å²) in [7, 11) is 0. The minimum atomic E-state index is 0.562. The second kappa shape index (κ2) is 4.63. The van der Waals surface area contributed by atoms with Gasteiger partial charge in [-0.25, -0.2) is 0 Å². The Kier molecular flexibility index (Phi) is 2.97. The van der Waals surface area contributed by atoms with Crippen molar-refractivity contribution in [3.05, 3.63) is 34.0 Å². The number of benzene rings is 1. The van der Waals surface area contributed by atoms with E-state index >= 15 is 0 Å². The highest BCUT2D eigenvalue weighted by Gasteiger charge is 2.16. The van der Waals surface area contributed by atoms with Gasteiger partial charge in [0, 0.05) is 6.54 Å². The summed E-state index contributed by atoms with van der Waals surface area (Å²) in [5, 5.41) is 4.24. The highest BCUT2D eigenvalue weighted by atomic mass is 32.1. The largest absolute Gasteiger partial charge is 0.486 e. The number of thiophene rings is 1. The van der Waals surface area contributed by atoms with Crippen molar-refractivity contribution in [1.82, 2.24) is 0 Å². The highest BCUT2D eigenvalue weighted by Crippen LogP contribution is 2.39. The van der Waals surface area contributed by atoms with E-state index in [0.717, 1.165) is 11.5 Å². The van der Waals surface area contributed by atoms with E-state index in [2.05, 4.69) is 23.8 Å². The van der Waals surface area contributed by atoms with Crippen LogP contribution in [0.5, 0.6) is 11.5 Å². The van der Waals surface area contributed by atoms with Crippen LogP contribution >= 0.6 is 11.3 Å². The molecule has 1 aromatic carbocycles. The van der Waals surface area contributed by atoms with Gasteiger partial charge in [0.1, 0.15) is 13.2 Å². The first-order chi connectivity index (χ1) is 8.79. The van der Waals surface area contributed by atoms with Crippen molar-refractivity contribution in [1.29, 1.82) is 0 Å². The van der Waals surface area contributed by atoms with Crippen LogP contribution in [0.25, 0.3) is 11.1 Å². The normalized spacial score (nSPS) is 13.7. The molecule has 18 heavy (non-hydrogen) atoms. The standard InChI is InChI=1S/C14H15NO2S/c1-9-4-13-14(17-3-2-16-13)5-11(9)12-8-18-7-10(12)6-15/h4-5,7-8H,2-3,6,15H2,1H3. The molecule has 0 spiro atoms. The maximum atomic E-state index is 5.77. The zero-order valence-electron chi connectivity index (χ0n) is 10.2. The van der Waals surface area contributed by atoms with Gasteiger partial charge < -0.3 is 15.2 Å². The number of hydrogen-bond acceptors (Lipinski definition) is 4. The molecule has 0 saturated carbocycles. The summed E-state index contributed by atoms with van der Waals surface area (Å²) >= 11 is 1.68. The monoisotopic (exact) mass is 261 g/mol. The molecule has 0 radical (unpaired) electrons. The van der Waals surface area contributed by atoms with Crippen LogP contribution in [0.3, 0.4) is 0 Å². The first-order valence-electron chi connectivity index (χ1n) is 5.95. The minimum Gasteiger partial charge on any atom is -0.486 e. The van der Waals surface area contributed by atoms with Crippen molar-refractivity contribution in [2.75, 3.05) is 13.2 Å². The Bertz CT molecular complexity index is 577. The molecular formula is C14H15NO2S. The lowest BCUT2D eigenvalue weighted by molar-refractivity contribution is 0.171. The molecular weight excluding hydrogens is 246 g/mol. The van der Waals surface area contributed by atoms with Gasteiger partial charge in [-0.15, -0.1) is 0 Å². The number of rotatable bonds is 2. The van der Waals surface area contributed by atoms with Crippen molar-refractivity contribution in [2.45, 2.75) is 13.5 Å². The smallest absolute Gasteiger partial charge is 0.161 e. The molecule has 94 valence electrons. The average molecular weight is 261 g/mol. The third-order valence-corrected chi connectivity index (χ3v) is 3.93. The average Bonchev–Trinajstić information content (AvgIpc) is 2.86. The summed E-state index contributed by atoms with van der Waals surface area (Å²) in [4.78, 5) is 0. The van der Waals surface area contributed by atoms with Gasteiger partial charge in [-0.2, -0.15) is 11.3 Å². The number of fused-ring (bicyclic) bond motifs is 1. The van der Waals surface area contributed by atoms with Crippen molar-refractivity contribution in [3.63, 3.8) is 0 Å². The van der Waals surface area contributed by atoms with Crippen molar-refractivity contribution in [3.8, 4) is 22.6 Å². The Hall–Kier alpha value is -1.52. The number of ether oxygens (including phenoxy) is 2. The molecule has 4 heteroatoms. The van der Waals surface area contributed by atoms with Crippen LogP contribution < -0.4 is 15.2 Å². The van der Waals surface area contributed by atoms with Crippen LogP contribution in [0.2, 0.25) is 0 Å². The lowest BCUT2D eigenvalue weighted by Gasteiger charge is -2.20. The van der Waals surface area contributed by atoms with Gasteiger partial charge in [0.2, 0.25) is 0 Å². The van der Waals surface area contributed by atoms with Gasteiger partial charge in [-0.05, 0) is 52.1 Å². The minimum absolute atomic E-state index is 0.562. The summed E-state index contributed by atoms with van der Waals surface area (Å²) in [6.07, 6.45) is 0. The summed E-state index contributed by atoms with van der Waals surface area (Å²) in [6, 6.07) is 4.10. The van der Waals surface area contributed by atoms with Crippen LogP contribution in [0, 0.1) is 6.92 Å². The van der Waals surface area contributed by atoms with E-state index < -0.39 is 0 Å². The quantitative estimate of drug-likeness (QED) is 0.904. The summed E-state index contributed by atoms with van der Waals surface area (Å²) in [5.74, 6) is 1.67. The van der Waals surface area contributed by atoms with Crippen molar-refractivity contribution >= 4 is 11.3 Å². The van der Waals surface area contributed by atoms with Crippen LogP contribution in [0.4, 0.5) is 0 Å². The first kappa shape index (κ1) is 11.6. The Morgan fingerprint density at radius 2 is 1.83 bits per heavy atom. The molecule has 3 rings (SSSR count). The Labute approximate surface area is 110 Å². The molecule has 0 bridgehead atoms. The van der Waals surface area contributed by atoms with Gasteiger partial charge in [0.05, 0.1) is 0 Å². The number of nitrogens with two attached hydrogens (primary N) is 1. The van der Waals surface area contributed by atoms with Crippen molar-refractivity contribution < 1.29 is 9.47 Å². The second-order valence-electron chi connectivity index (χ2n) is 4.33. The summed E-state index contributed by atoms with van der Waals surface area (Å²) in [5.41, 5.74) is 10.5. The molecule has 0 atom stereocenters. The van der Waals surface area contributed by atoms with Crippen LogP contribution in [-0.4, -0.2) is 13.2 Å². The molecule has 0 unspecified atom stereocenters. The van der Waals surface area contributed by atoms with E-state index in [4.69, 9.17) is 15.2 Å². The van der Waals surface area contributed by atoms with Gasteiger partial charge in [-0.1, -0.05) is 0 Å². The van der Waals surface area contributed by atoms with Gasteiger partial charge in [0.15, 0.2) is 11.5 Å². The summed E-state index contributed by atoms with van der Waals surface area (Å²) in [6.45, 7) is 3.89.